The molecule has 0 aliphatic heterocycles. The van der Waals surface area contributed by atoms with Crippen molar-refractivity contribution in [1.29, 1.82) is 0 Å². The molecular weight excluding hydrogens is 206 g/mol. The molecule has 1 N–H and O–H groups in total. The van der Waals surface area contributed by atoms with E-state index in [0.717, 1.165) is 11.1 Å². The van der Waals surface area contributed by atoms with Crippen molar-refractivity contribution in [2.24, 2.45) is 0 Å². The highest BCUT2D eigenvalue weighted by Crippen LogP contribution is 2.05. The minimum atomic E-state index is -0.265. The van der Waals surface area contributed by atoms with E-state index in [2.05, 4.69) is 15.5 Å². The molecule has 0 aliphatic rings. The second kappa shape index (κ2) is 4.57. The highest BCUT2D eigenvalue weighted by molar-refractivity contribution is 5.92. The smallest absolute Gasteiger partial charge is 0.290 e. The highest BCUT2D eigenvalue weighted by Gasteiger charge is 2.13. The van der Waals surface area contributed by atoms with Gasteiger partial charge in [0.1, 0.15) is 0 Å². The number of pyridine rings is 1. The maximum absolute atomic E-state index is 11.6. The van der Waals surface area contributed by atoms with Crippen molar-refractivity contribution in [3.8, 4) is 0 Å². The number of carbonyl (C=O) groups excluding carboxylic acids is 1. The van der Waals surface area contributed by atoms with E-state index in [1.165, 1.54) is 6.20 Å². The van der Waals surface area contributed by atoms with Crippen molar-refractivity contribution >= 4 is 5.91 Å². The molecule has 2 heterocycles. The SMILES string of the molecule is Cc1cnoc1C(=O)NCc1cccnc1. The van der Waals surface area contributed by atoms with Crippen LogP contribution in [0.1, 0.15) is 21.7 Å². The Bertz CT molecular complexity index is 479. The first-order valence-corrected chi connectivity index (χ1v) is 4.86. The number of amides is 1. The molecule has 0 spiro atoms. The minimum absolute atomic E-state index is 0.254. The first-order chi connectivity index (χ1) is 7.77. The van der Waals surface area contributed by atoms with Crippen LogP contribution in [0.4, 0.5) is 0 Å². The summed E-state index contributed by atoms with van der Waals surface area (Å²) < 4.78 is 4.84. The van der Waals surface area contributed by atoms with Crippen LogP contribution in [0.15, 0.2) is 35.2 Å². The molecule has 0 saturated carbocycles. The van der Waals surface area contributed by atoms with Crippen molar-refractivity contribution in [3.05, 3.63) is 47.6 Å². The molecule has 2 rings (SSSR count). The summed E-state index contributed by atoms with van der Waals surface area (Å²) in [6.07, 6.45) is 4.90. The summed E-state index contributed by atoms with van der Waals surface area (Å²) in [6, 6.07) is 3.71. The van der Waals surface area contributed by atoms with Crippen LogP contribution in [0, 0.1) is 6.92 Å². The molecule has 0 atom stereocenters. The van der Waals surface area contributed by atoms with Gasteiger partial charge in [-0.05, 0) is 18.6 Å². The zero-order valence-corrected chi connectivity index (χ0v) is 8.80. The van der Waals surface area contributed by atoms with Crippen LogP contribution in [0.2, 0.25) is 0 Å². The average molecular weight is 217 g/mol. The Labute approximate surface area is 92.5 Å². The molecular formula is C11H11N3O2. The van der Waals surface area contributed by atoms with Gasteiger partial charge in [0.25, 0.3) is 5.91 Å². The number of rotatable bonds is 3. The van der Waals surface area contributed by atoms with Crippen LogP contribution in [-0.4, -0.2) is 16.0 Å². The third kappa shape index (κ3) is 2.25. The van der Waals surface area contributed by atoms with Gasteiger partial charge in [-0.1, -0.05) is 11.2 Å². The van der Waals surface area contributed by atoms with Crippen molar-refractivity contribution in [1.82, 2.24) is 15.5 Å². The number of hydrogen-bond donors (Lipinski definition) is 1. The van der Waals surface area contributed by atoms with E-state index < -0.39 is 0 Å². The lowest BCUT2D eigenvalue weighted by Gasteiger charge is -2.02. The van der Waals surface area contributed by atoms with Crippen LogP contribution < -0.4 is 5.32 Å². The summed E-state index contributed by atoms with van der Waals surface area (Å²) in [7, 11) is 0. The lowest BCUT2D eigenvalue weighted by atomic mass is 10.2. The second-order valence-corrected chi connectivity index (χ2v) is 3.38. The van der Waals surface area contributed by atoms with Crippen LogP contribution in [0.5, 0.6) is 0 Å². The number of aryl methyl sites for hydroxylation is 1. The fourth-order valence-corrected chi connectivity index (χ4v) is 1.27. The quantitative estimate of drug-likeness (QED) is 0.841. The van der Waals surface area contributed by atoms with Crippen molar-refractivity contribution < 1.29 is 9.32 Å². The highest BCUT2D eigenvalue weighted by atomic mass is 16.5. The molecule has 5 heteroatoms. The summed E-state index contributed by atoms with van der Waals surface area (Å²) >= 11 is 0. The van der Waals surface area contributed by atoms with Gasteiger partial charge < -0.3 is 9.84 Å². The van der Waals surface area contributed by atoms with Gasteiger partial charge in [0.2, 0.25) is 5.76 Å². The lowest BCUT2D eigenvalue weighted by Crippen LogP contribution is -2.22. The third-order valence-corrected chi connectivity index (χ3v) is 2.13. The Morgan fingerprint density at radius 1 is 1.50 bits per heavy atom. The predicted octanol–water partition coefficient (Wildman–Crippen LogP) is 1.31. The number of carbonyl (C=O) groups is 1. The maximum Gasteiger partial charge on any atom is 0.290 e. The standard InChI is InChI=1S/C11H11N3O2/c1-8-5-14-16-10(8)11(15)13-7-9-3-2-4-12-6-9/h2-6H,7H2,1H3,(H,13,15). The third-order valence-electron chi connectivity index (χ3n) is 2.13. The van der Waals surface area contributed by atoms with E-state index in [0.29, 0.717) is 6.54 Å². The fourth-order valence-electron chi connectivity index (χ4n) is 1.27. The van der Waals surface area contributed by atoms with Crippen molar-refractivity contribution in [2.75, 3.05) is 0 Å². The van der Waals surface area contributed by atoms with E-state index in [9.17, 15) is 4.79 Å². The summed E-state index contributed by atoms with van der Waals surface area (Å²) in [6.45, 7) is 2.20. The van der Waals surface area contributed by atoms with Crippen LogP contribution in [0.25, 0.3) is 0 Å². The van der Waals surface area contributed by atoms with E-state index in [4.69, 9.17) is 4.52 Å². The molecule has 0 fully saturated rings. The Morgan fingerprint density at radius 3 is 3.00 bits per heavy atom. The zero-order chi connectivity index (χ0) is 11.4. The van der Waals surface area contributed by atoms with E-state index in [-0.39, 0.29) is 11.7 Å². The number of aromatic nitrogens is 2. The zero-order valence-electron chi connectivity index (χ0n) is 8.80. The molecule has 2 aromatic heterocycles. The van der Waals surface area contributed by atoms with Gasteiger partial charge in [-0.25, -0.2) is 0 Å². The molecule has 0 saturated heterocycles. The van der Waals surface area contributed by atoms with Gasteiger partial charge >= 0.3 is 0 Å². The Morgan fingerprint density at radius 2 is 2.38 bits per heavy atom. The molecule has 2 aromatic rings. The van der Waals surface area contributed by atoms with Crippen LogP contribution in [-0.2, 0) is 6.54 Å². The minimum Gasteiger partial charge on any atom is -0.351 e. The lowest BCUT2D eigenvalue weighted by molar-refractivity contribution is 0.0913. The average Bonchev–Trinajstić information content (AvgIpc) is 2.74. The number of nitrogens with one attached hydrogen (secondary N) is 1. The molecule has 0 aromatic carbocycles. The first-order valence-electron chi connectivity index (χ1n) is 4.86. The molecule has 0 radical (unpaired) electrons. The van der Waals surface area contributed by atoms with Crippen LogP contribution in [0.3, 0.4) is 0 Å². The number of nitrogens with zero attached hydrogens (tertiary/aromatic N) is 2. The van der Waals surface area contributed by atoms with Gasteiger partial charge in [0.15, 0.2) is 0 Å². The fraction of sp³-hybridized carbons (Fsp3) is 0.182. The van der Waals surface area contributed by atoms with Crippen molar-refractivity contribution in [3.63, 3.8) is 0 Å². The summed E-state index contributed by atoms with van der Waals surface area (Å²) in [4.78, 5) is 15.6. The number of hydrogen-bond acceptors (Lipinski definition) is 4. The first kappa shape index (κ1) is 10.4. The molecule has 0 bridgehead atoms. The normalized spacial score (nSPS) is 10.1. The van der Waals surface area contributed by atoms with E-state index in [1.54, 1.807) is 19.3 Å². The molecule has 0 aliphatic carbocycles. The molecule has 16 heavy (non-hydrogen) atoms. The molecule has 0 unspecified atom stereocenters. The van der Waals surface area contributed by atoms with Gasteiger partial charge in [0, 0.05) is 24.5 Å². The van der Waals surface area contributed by atoms with E-state index in [1.807, 2.05) is 12.1 Å². The Kier molecular flexibility index (Phi) is 2.95. The summed E-state index contributed by atoms with van der Waals surface area (Å²) in [5.41, 5.74) is 1.66. The topological polar surface area (TPSA) is 68.0 Å². The summed E-state index contributed by atoms with van der Waals surface area (Å²) in [5.74, 6) is -0.0113. The van der Waals surface area contributed by atoms with Gasteiger partial charge in [-0.3, -0.25) is 9.78 Å². The maximum atomic E-state index is 11.6. The molecule has 82 valence electrons. The second-order valence-electron chi connectivity index (χ2n) is 3.38. The monoisotopic (exact) mass is 217 g/mol. The predicted molar refractivity (Wildman–Crippen MR) is 56.6 cm³/mol. The molecule has 5 nitrogen and oxygen atoms in total. The van der Waals surface area contributed by atoms with Crippen LogP contribution >= 0.6 is 0 Å². The van der Waals surface area contributed by atoms with Gasteiger partial charge in [-0.2, -0.15) is 0 Å². The van der Waals surface area contributed by atoms with Gasteiger partial charge in [0.05, 0.1) is 6.20 Å². The Balaban J connectivity index is 1.97. The summed E-state index contributed by atoms with van der Waals surface area (Å²) in [5, 5.41) is 6.28. The van der Waals surface area contributed by atoms with E-state index >= 15 is 0 Å². The largest absolute Gasteiger partial charge is 0.351 e. The Hall–Kier alpha value is -2.17. The van der Waals surface area contributed by atoms with Gasteiger partial charge in [-0.15, -0.1) is 0 Å². The molecule has 1 amide bonds. The van der Waals surface area contributed by atoms with Crippen molar-refractivity contribution in [2.45, 2.75) is 13.5 Å².